The van der Waals surface area contributed by atoms with Crippen LogP contribution < -0.4 is 27.4 Å². The summed E-state index contributed by atoms with van der Waals surface area (Å²) in [7, 11) is 0. The van der Waals surface area contributed by atoms with Gasteiger partial charge in [-0.15, -0.1) is 0 Å². The molecule has 4 amide bonds. The van der Waals surface area contributed by atoms with Crippen LogP contribution >= 0.6 is 12.6 Å². The Hall–Kier alpha value is -3.13. The standard InChI is InChI=1S/C20H33N7O6S/c1-3-10(2)16(27-17(29)12(21)4-5-15(22)28)19(31)26-14(8-34)18(30)25-13(20(32)33)6-11-7-23-9-24-11/h7,9-10,12-14,16,34H,3-6,8,21H2,1-2H3,(H2,22,28)(H,23,24)(H,25,30)(H,26,31)(H,27,29)(H,32,33). The lowest BCUT2D eigenvalue weighted by Crippen LogP contribution is -2.59. The maximum Gasteiger partial charge on any atom is 0.326 e. The fraction of sp³-hybridized carbons (Fsp3) is 0.600. The highest BCUT2D eigenvalue weighted by atomic mass is 32.1. The second kappa shape index (κ2) is 14.2. The first-order chi connectivity index (χ1) is 16.0. The number of nitrogens with two attached hydrogens (primary N) is 2. The van der Waals surface area contributed by atoms with Crippen LogP contribution in [-0.4, -0.2) is 74.6 Å². The van der Waals surface area contributed by atoms with E-state index in [1.807, 2.05) is 6.92 Å². The van der Waals surface area contributed by atoms with Crippen LogP contribution in [0.25, 0.3) is 0 Å². The van der Waals surface area contributed by atoms with Crippen LogP contribution in [0.4, 0.5) is 0 Å². The highest BCUT2D eigenvalue weighted by Crippen LogP contribution is 2.10. The topological polar surface area (TPSA) is 222 Å². The van der Waals surface area contributed by atoms with Crippen molar-refractivity contribution < 1.29 is 29.1 Å². The minimum atomic E-state index is -1.26. The third-order valence-corrected chi connectivity index (χ3v) is 5.61. The summed E-state index contributed by atoms with van der Waals surface area (Å²) in [6.07, 6.45) is 3.25. The zero-order valence-corrected chi connectivity index (χ0v) is 20.0. The number of amides is 4. The van der Waals surface area contributed by atoms with Crippen LogP contribution in [-0.2, 0) is 30.4 Å². The number of nitrogens with one attached hydrogen (secondary N) is 4. The summed E-state index contributed by atoms with van der Waals surface area (Å²) in [5, 5.41) is 16.9. The van der Waals surface area contributed by atoms with Gasteiger partial charge in [0.25, 0.3) is 0 Å². The number of aliphatic carboxylic acids is 1. The van der Waals surface area contributed by atoms with E-state index in [2.05, 4.69) is 38.5 Å². The molecule has 0 saturated carbocycles. The molecule has 0 spiro atoms. The molecule has 9 N–H and O–H groups in total. The molecule has 1 heterocycles. The van der Waals surface area contributed by atoms with Crippen molar-refractivity contribution in [2.24, 2.45) is 17.4 Å². The van der Waals surface area contributed by atoms with Gasteiger partial charge < -0.3 is 37.5 Å². The number of hydrogen-bond acceptors (Lipinski definition) is 8. The average molecular weight is 500 g/mol. The van der Waals surface area contributed by atoms with Gasteiger partial charge in [0.05, 0.1) is 12.4 Å². The van der Waals surface area contributed by atoms with Crippen molar-refractivity contribution in [2.45, 2.75) is 63.7 Å². The van der Waals surface area contributed by atoms with Gasteiger partial charge in [-0.2, -0.15) is 12.6 Å². The molecule has 1 aromatic heterocycles. The molecule has 5 atom stereocenters. The zero-order chi connectivity index (χ0) is 25.8. The molecule has 0 saturated heterocycles. The van der Waals surface area contributed by atoms with Crippen molar-refractivity contribution in [2.75, 3.05) is 5.75 Å². The lowest BCUT2D eigenvalue weighted by atomic mass is 9.97. The van der Waals surface area contributed by atoms with Crippen molar-refractivity contribution in [1.29, 1.82) is 0 Å². The van der Waals surface area contributed by atoms with Crippen LogP contribution in [0.2, 0.25) is 0 Å². The number of thiol groups is 1. The second-order valence-electron chi connectivity index (χ2n) is 7.91. The minimum absolute atomic E-state index is 0.0184. The second-order valence-corrected chi connectivity index (χ2v) is 8.27. The predicted octanol–water partition coefficient (Wildman–Crippen LogP) is -1.94. The number of imidazole rings is 1. The fourth-order valence-corrected chi connectivity index (χ4v) is 3.19. The number of aromatic amines is 1. The minimum Gasteiger partial charge on any atom is -0.480 e. The van der Waals surface area contributed by atoms with Crippen LogP contribution in [0.15, 0.2) is 12.5 Å². The lowest BCUT2D eigenvalue weighted by molar-refractivity contribution is -0.142. The van der Waals surface area contributed by atoms with Crippen molar-refractivity contribution in [3.8, 4) is 0 Å². The molecule has 0 bridgehead atoms. The van der Waals surface area contributed by atoms with Gasteiger partial charge in [-0.25, -0.2) is 9.78 Å². The molecular formula is C20H33N7O6S. The molecule has 0 aromatic carbocycles. The van der Waals surface area contributed by atoms with Crippen molar-refractivity contribution in [3.63, 3.8) is 0 Å². The van der Waals surface area contributed by atoms with Crippen LogP contribution in [0.1, 0.15) is 38.8 Å². The number of H-pyrrole nitrogens is 1. The monoisotopic (exact) mass is 499 g/mol. The SMILES string of the molecule is CCC(C)C(NC(=O)C(N)CCC(N)=O)C(=O)NC(CS)C(=O)NC(Cc1cnc[nH]1)C(=O)O. The molecular weight excluding hydrogens is 466 g/mol. The zero-order valence-electron chi connectivity index (χ0n) is 19.1. The van der Waals surface area contributed by atoms with E-state index in [1.54, 1.807) is 6.92 Å². The van der Waals surface area contributed by atoms with Gasteiger partial charge >= 0.3 is 5.97 Å². The maximum atomic E-state index is 12.9. The Bertz CT molecular complexity index is 850. The number of aromatic nitrogens is 2. The number of carbonyl (C=O) groups is 5. The first-order valence-electron chi connectivity index (χ1n) is 10.8. The molecule has 13 nitrogen and oxygen atoms in total. The van der Waals surface area contributed by atoms with Crippen LogP contribution in [0.5, 0.6) is 0 Å². The van der Waals surface area contributed by atoms with Gasteiger partial charge in [0, 0.05) is 30.5 Å². The summed E-state index contributed by atoms with van der Waals surface area (Å²) >= 11 is 4.10. The Labute approximate surface area is 202 Å². The van der Waals surface area contributed by atoms with Gasteiger partial charge in [-0.3, -0.25) is 19.2 Å². The Morgan fingerprint density at radius 2 is 1.76 bits per heavy atom. The van der Waals surface area contributed by atoms with E-state index in [1.165, 1.54) is 12.5 Å². The number of rotatable bonds is 15. The number of carboxylic acid groups (broad SMARTS) is 1. The van der Waals surface area contributed by atoms with E-state index in [9.17, 15) is 29.1 Å². The molecule has 0 aliphatic heterocycles. The number of nitrogens with zero attached hydrogens (tertiary/aromatic N) is 1. The van der Waals surface area contributed by atoms with E-state index in [-0.39, 0.29) is 30.9 Å². The Balaban J connectivity index is 2.85. The highest BCUT2D eigenvalue weighted by molar-refractivity contribution is 7.80. The van der Waals surface area contributed by atoms with Crippen molar-refractivity contribution in [1.82, 2.24) is 25.9 Å². The van der Waals surface area contributed by atoms with Gasteiger partial charge in [-0.1, -0.05) is 20.3 Å². The average Bonchev–Trinajstić information content (AvgIpc) is 3.30. The highest BCUT2D eigenvalue weighted by Gasteiger charge is 2.32. The molecule has 5 unspecified atom stereocenters. The summed E-state index contributed by atoms with van der Waals surface area (Å²) in [6, 6.07) is -4.49. The van der Waals surface area contributed by atoms with Gasteiger partial charge in [-0.05, 0) is 12.3 Å². The smallest absolute Gasteiger partial charge is 0.326 e. The third kappa shape index (κ3) is 9.39. The molecule has 0 aliphatic rings. The maximum absolute atomic E-state index is 12.9. The molecule has 0 fully saturated rings. The number of carboxylic acids is 1. The fourth-order valence-electron chi connectivity index (χ4n) is 2.94. The van der Waals surface area contributed by atoms with Gasteiger partial charge in [0.1, 0.15) is 18.1 Å². The first kappa shape index (κ1) is 28.9. The van der Waals surface area contributed by atoms with Crippen molar-refractivity contribution >= 4 is 42.2 Å². The Morgan fingerprint density at radius 3 is 2.26 bits per heavy atom. The van der Waals surface area contributed by atoms with Gasteiger partial charge in [0.15, 0.2) is 0 Å². The van der Waals surface area contributed by atoms with E-state index in [0.29, 0.717) is 12.1 Å². The third-order valence-electron chi connectivity index (χ3n) is 5.24. The molecule has 190 valence electrons. The molecule has 0 radical (unpaired) electrons. The summed E-state index contributed by atoms with van der Waals surface area (Å²) < 4.78 is 0. The summed E-state index contributed by atoms with van der Waals surface area (Å²) in [6.45, 7) is 3.56. The largest absolute Gasteiger partial charge is 0.480 e. The van der Waals surface area contributed by atoms with E-state index in [4.69, 9.17) is 11.5 Å². The lowest BCUT2D eigenvalue weighted by Gasteiger charge is -2.27. The Kier molecular flexibility index (Phi) is 12.1. The number of hydrogen-bond donors (Lipinski definition) is 8. The van der Waals surface area contributed by atoms with Gasteiger partial charge in [0.2, 0.25) is 23.6 Å². The number of carbonyl (C=O) groups excluding carboxylic acids is 4. The Morgan fingerprint density at radius 1 is 1.12 bits per heavy atom. The van der Waals surface area contributed by atoms with E-state index < -0.39 is 53.8 Å². The molecule has 14 heteroatoms. The quantitative estimate of drug-likeness (QED) is 0.126. The molecule has 1 aromatic rings. The van der Waals surface area contributed by atoms with Crippen molar-refractivity contribution in [3.05, 3.63) is 18.2 Å². The summed E-state index contributed by atoms with van der Waals surface area (Å²) in [5.41, 5.74) is 11.4. The van der Waals surface area contributed by atoms with E-state index >= 15 is 0 Å². The normalized spacial score (nSPS) is 15.3. The molecule has 1 rings (SSSR count). The predicted molar refractivity (Wildman–Crippen MR) is 125 cm³/mol. The number of primary amides is 1. The first-order valence-corrected chi connectivity index (χ1v) is 11.4. The molecule has 0 aliphatic carbocycles. The van der Waals surface area contributed by atoms with Crippen LogP contribution in [0, 0.1) is 5.92 Å². The van der Waals surface area contributed by atoms with E-state index in [0.717, 1.165) is 0 Å². The van der Waals surface area contributed by atoms with Crippen LogP contribution in [0.3, 0.4) is 0 Å². The summed E-state index contributed by atoms with van der Waals surface area (Å²) in [4.78, 5) is 67.1. The molecule has 34 heavy (non-hydrogen) atoms. The summed E-state index contributed by atoms with van der Waals surface area (Å²) in [5.74, 6) is -4.34.